The van der Waals surface area contributed by atoms with Gasteiger partial charge in [-0.2, -0.15) is 12.6 Å². The van der Waals surface area contributed by atoms with Crippen LogP contribution in [-0.4, -0.2) is 18.4 Å². The van der Waals surface area contributed by atoms with E-state index in [9.17, 15) is 0 Å². The fraction of sp³-hybridized carbons (Fsp3) is 0.615. The van der Waals surface area contributed by atoms with E-state index < -0.39 is 0 Å². The van der Waals surface area contributed by atoms with Gasteiger partial charge in [0.2, 0.25) is 0 Å². The summed E-state index contributed by atoms with van der Waals surface area (Å²) in [6, 6.07) is 14.6. The van der Waals surface area contributed by atoms with E-state index in [-0.39, 0.29) is 6.10 Å². The predicted octanol–water partition coefficient (Wildman–Crippen LogP) is 7.55. The molecule has 0 radical (unpaired) electrons. The second-order valence-electron chi connectivity index (χ2n) is 8.21. The molecule has 0 bridgehead atoms. The van der Waals surface area contributed by atoms with Crippen molar-refractivity contribution in [2.75, 3.05) is 12.3 Å². The number of hydrogen-bond donors (Lipinski definition) is 2. The van der Waals surface area contributed by atoms with Crippen LogP contribution in [0.25, 0.3) is 10.8 Å². The molecule has 0 fully saturated rings. The number of fused-ring (bicyclic) bond motifs is 1. The van der Waals surface area contributed by atoms with Gasteiger partial charge in [-0.1, -0.05) is 101 Å². The van der Waals surface area contributed by atoms with Crippen molar-refractivity contribution in [3.63, 3.8) is 0 Å². The van der Waals surface area contributed by atoms with E-state index in [0.29, 0.717) is 6.54 Å². The molecule has 0 aliphatic carbocycles. The molecule has 0 aliphatic rings. The molecule has 1 atom stereocenters. The van der Waals surface area contributed by atoms with Crippen molar-refractivity contribution in [2.45, 2.75) is 89.6 Å². The van der Waals surface area contributed by atoms with Crippen LogP contribution in [-0.2, 0) is 0 Å². The van der Waals surface area contributed by atoms with E-state index in [1.54, 1.807) is 0 Å². The summed E-state index contributed by atoms with van der Waals surface area (Å²) >= 11 is 4.27. The molecule has 0 spiro atoms. The average Bonchev–Trinajstić information content (AvgIpc) is 2.76. The van der Waals surface area contributed by atoms with E-state index in [1.165, 1.54) is 87.8 Å². The summed E-state index contributed by atoms with van der Waals surface area (Å²) in [6.07, 6.45) is 17.4. The van der Waals surface area contributed by atoms with Crippen molar-refractivity contribution in [1.82, 2.24) is 0 Å². The van der Waals surface area contributed by atoms with Crippen molar-refractivity contribution >= 4 is 23.4 Å². The van der Waals surface area contributed by atoms with Crippen LogP contribution < -0.4 is 10.5 Å². The first-order valence-electron chi connectivity index (χ1n) is 11.8. The van der Waals surface area contributed by atoms with Gasteiger partial charge < -0.3 is 10.5 Å². The smallest absolute Gasteiger partial charge is 0.127 e. The first kappa shape index (κ1) is 24.1. The van der Waals surface area contributed by atoms with Crippen LogP contribution in [0.1, 0.15) is 83.5 Å². The Labute approximate surface area is 184 Å². The molecule has 29 heavy (non-hydrogen) atoms. The van der Waals surface area contributed by atoms with Crippen LogP contribution in [0.2, 0.25) is 0 Å². The van der Waals surface area contributed by atoms with Gasteiger partial charge in [0.05, 0.1) is 0 Å². The summed E-state index contributed by atoms with van der Waals surface area (Å²) in [5.74, 6) is 2.01. The average molecular weight is 416 g/mol. The lowest BCUT2D eigenvalue weighted by atomic mass is 10.0. The second-order valence-corrected chi connectivity index (χ2v) is 8.65. The molecule has 2 N–H and O–H groups in total. The molecular formula is C26H41NOS. The predicted molar refractivity (Wildman–Crippen MR) is 131 cm³/mol. The lowest BCUT2D eigenvalue weighted by Gasteiger charge is -2.18. The molecular weight excluding hydrogens is 374 g/mol. The zero-order chi connectivity index (χ0) is 20.6. The Morgan fingerprint density at radius 1 is 0.690 bits per heavy atom. The van der Waals surface area contributed by atoms with E-state index in [1.807, 2.05) is 0 Å². The number of unbranched alkanes of at least 4 members (excludes halogenated alkanes) is 11. The van der Waals surface area contributed by atoms with Gasteiger partial charge in [-0.3, -0.25) is 0 Å². The second kappa shape index (κ2) is 15.6. The maximum Gasteiger partial charge on any atom is 0.127 e. The van der Waals surface area contributed by atoms with Crippen LogP contribution in [0, 0.1) is 0 Å². The monoisotopic (exact) mass is 415 g/mol. The van der Waals surface area contributed by atoms with Gasteiger partial charge >= 0.3 is 0 Å². The van der Waals surface area contributed by atoms with Gasteiger partial charge in [-0.25, -0.2) is 0 Å². The summed E-state index contributed by atoms with van der Waals surface area (Å²) in [5, 5.41) is 2.40. The summed E-state index contributed by atoms with van der Waals surface area (Å²) in [4.78, 5) is 0. The number of hydrogen-bond acceptors (Lipinski definition) is 3. The van der Waals surface area contributed by atoms with Crippen LogP contribution in [0.5, 0.6) is 5.75 Å². The molecule has 1 unspecified atom stereocenters. The topological polar surface area (TPSA) is 35.2 Å². The Kier molecular flexibility index (Phi) is 13.0. The molecule has 2 rings (SSSR count). The fourth-order valence-electron chi connectivity index (χ4n) is 3.95. The van der Waals surface area contributed by atoms with Crippen LogP contribution in [0.3, 0.4) is 0 Å². The molecule has 0 aromatic heterocycles. The Bertz CT molecular complexity index is 655. The summed E-state index contributed by atoms with van der Waals surface area (Å²) in [6.45, 7) is 0.581. The quantitative estimate of drug-likeness (QED) is 0.207. The van der Waals surface area contributed by atoms with Crippen molar-refractivity contribution in [1.29, 1.82) is 0 Å². The highest BCUT2D eigenvalue weighted by Gasteiger charge is 2.10. The minimum absolute atomic E-state index is 0.114. The van der Waals surface area contributed by atoms with Gasteiger partial charge in [0.1, 0.15) is 11.9 Å². The van der Waals surface area contributed by atoms with E-state index in [0.717, 1.165) is 17.9 Å². The van der Waals surface area contributed by atoms with Crippen LogP contribution in [0.15, 0.2) is 42.5 Å². The highest BCUT2D eigenvalue weighted by atomic mass is 32.1. The lowest BCUT2D eigenvalue weighted by molar-refractivity contribution is 0.197. The number of ether oxygens (including phenoxy) is 1. The van der Waals surface area contributed by atoms with Crippen molar-refractivity contribution in [3.05, 3.63) is 42.5 Å². The van der Waals surface area contributed by atoms with Crippen molar-refractivity contribution in [3.8, 4) is 5.75 Å². The number of benzene rings is 2. The number of nitrogens with two attached hydrogens (primary N) is 1. The van der Waals surface area contributed by atoms with Gasteiger partial charge in [0.15, 0.2) is 0 Å². The molecule has 0 saturated carbocycles. The number of rotatable bonds is 17. The number of thiol groups is 1. The molecule has 2 nitrogen and oxygen atoms in total. The minimum Gasteiger partial charge on any atom is -0.488 e. The third-order valence-electron chi connectivity index (χ3n) is 5.74. The molecule has 0 heterocycles. The highest BCUT2D eigenvalue weighted by molar-refractivity contribution is 7.80. The molecule has 0 saturated heterocycles. The highest BCUT2D eigenvalue weighted by Crippen LogP contribution is 2.26. The summed E-state index contributed by atoms with van der Waals surface area (Å²) < 4.78 is 6.25. The van der Waals surface area contributed by atoms with Crippen molar-refractivity contribution in [2.24, 2.45) is 5.73 Å². The Hall–Kier alpha value is -1.19. The molecule has 0 amide bonds. The summed E-state index contributed by atoms with van der Waals surface area (Å²) in [7, 11) is 0. The van der Waals surface area contributed by atoms with Crippen molar-refractivity contribution < 1.29 is 4.74 Å². The Balaban J connectivity index is 1.52. The van der Waals surface area contributed by atoms with Gasteiger partial charge in [-0.05, 0) is 36.5 Å². The first-order valence-corrected chi connectivity index (χ1v) is 12.4. The van der Waals surface area contributed by atoms with Gasteiger partial charge in [-0.15, -0.1) is 0 Å². The maximum atomic E-state index is 6.25. The SMILES string of the molecule is NCC(CCCCCCCCCCCCCCS)Oc1cccc2ccccc12. The zero-order valence-corrected chi connectivity index (χ0v) is 19.1. The normalized spacial score (nSPS) is 12.3. The van der Waals surface area contributed by atoms with E-state index in [2.05, 4.69) is 55.1 Å². The van der Waals surface area contributed by atoms with Crippen LogP contribution in [0.4, 0.5) is 0 Å². The molecule has 0 aliphatic heterocycles. The minimum atomic E-state index is 0.114. The molecule has 2 aromatic carbocycles. The first-order chi connectivity index (χ1) is 14.3. The lowest BCUT2D eigenvalue weighted by Crippen LogP contribution is -2.26. The molecule has 162 valence electrons. The van der Waals surface area contributed by atoms with E-state index >= 15 is 0 Å². The van der Waals surface area contributed by atoms with Gasteiger partial charge in [0, 0.05) is 11.9 Å². The van der Waals surface area contributed by atoms with E-state index in [4.69, 9.17) is 10.5 Å². The van der Waals surface area contributed by atoms with Crippen LogP contribution >= 0.6 is 12.6 Å². The third kappa shape index (κ3) is 9.91. The zero-order valence-electron chi connectivity index (χ0n) is 18.2. The fourth-order valence-corrected chi connectivity index (χ4v) is 4.18. The Morgan fingerprint density at radius 2 is 1.24 bits per heavy atom. The largest absolute Gasteiger partial charge is 0.488 e. The maximum absolute atomic E-state index is 6.25. The third-order valence-corrected chi connectivity index (χ3v) is 6.06. The standard InChI is InChI=1S/C26H41NOS/c27-22-24(28-26-20-15-17-23-16-12-13-19-25(23)26)18-11-9-7-5-3-1-2-4-6-8-10-14-21-29/h12-13,15-17,19-20,24,29H,1-11,14,18,21-22,27H2. The molecule has 2 aromatic rings. The summed E-state index contributed by atoms with van der Waals surface area (Å²) in [5.41, 5.74) is 5.98. The van der Waals surface area contributed by atoms with Gasteiger partial charge in [0.25, 0.3) is 0 Å². The molecule has 3 heteroatoms. The Morgan fingerprint density at radius 3 is 1.86 bits per heavy atom.